The summed E-state index contributed by atoms with van der Waals surface area (Å²) in [5.41, 5.74) is 2.27. The van der Waals surface area contributed by atoms with Crippen molar-refractivity contribution in [3.63, 3.8) is 0 Å². The predicted molar refractivity (Wildman–Crippen MR) is 105 cm³/mol. The first-order chi connectivity index (χ1) is 12.7. The van der Waals surface area contributed by atoms with Crippen LogP contribution in [0.1, 0.15) is 31.2 Å². The number of carbonyl (C=O) groups is 3. The normalized spacial score (nSPS) is 10.3. The SMILES string of the molecule is COC(=O)c1c(NC(=O)COC(=O)c2cccc(N(C)C)c2)sc(C)c1C. The number of methoxy groups -OCH3 is 1. The van der Waals surface area contributed by atoms with Gasteiger partial charge in [0.25, 0.3) is 5.91 Å². The van der Waals surface area contributed by atoms with Gasteiger partial charge in [-0.25, -0.2) is 9.59 Å². The molecule has 0 aliphatic rings. The molecule has 0 radical (unpaired) electrons. The van der Waals surface area contributed by atoms with Crippen LogP contribution in [0.5, 0.6) is 0 Å². The Balaban J connectivity index is 2.03. The number of nitrogens with zero attached hydrogens (tertiary/aromatic N) is 1. The fourth-order valence-electron chi connectivity index (χ4n) is 2.35. The van der Waals surface area contributed by atoms with E-state index >= 15 is 0 Å². The van der Waals surface area contributed by atoms with Crippen molar-refractivity contribution >= 4 is 39.9 Å². The molecule has 1 N–H and O–H groups in total. The third kappa shape index (κ3) is 4.85. The molecular formula is C19H22N2O5S. The van der Waals surface area contributed by atoms with E-state index in [0.717, 1.165) is 16.1 Å². The van der Waals surface area contributed by atoms with E-state index in [-0.39, 0.29) is 0 Å². The Morgan fingerprint density at radius 2 is 1.85 bits per heavy atom. The van der Waals surface area contributed by atoms with Crippen LogP contribution in [-0.2, 0) is 14.3 Å². The molecule has 2 rings (SSSR count). The summed E-state index contributed by atoms with van der Waals surface area (Å²) in [5.74, 6) is -1.65. The van der Waals surface area contributed by atoms with Crippen molar-refractivity contribution in [2.75, 3.05) is 38.0 Å². The number of esters is 2. The van der Waals surface area contributed by atoms with Crippen LogP contribution in [0, 0.1) is 13.8 Å². The average Bonchev–Trinajstić information content (AvgIpc) is 2.92. The Labute approximate surface area is 161 Å². The molecule has 27 heavy (non-hydrogen) atoms. The average molecular weight is 390 g/mol. The maximum absolute atomic E-state index is 12.2. The molecule has 0 saturated carbocycles. The molecule has 7 nitrogen and oxygen atoms in total. The van der Waals surface area contributed by atoms with E-state index in [1.54, 1.807) is 25.1 Å². The summed E-state index contributed by atoms with van der Waals surface area (Å²) in [6.45, 7) is 3.17. The van der Waals surface area contributed by atoms with Gasteiger partial charge in [-0.3, -0.25) is 4.79 Å². The lowest BCUT2D eigenvalue weighted by Gasteiger charge is -2.13. The van der Waals surface area contributed by atoms with Crippen molar-refractivity contribution in [3.8, 4) is 0 Å². The number of ether oxygens (including phenoxy) is 2. The van der Waals surface area contributed by atoms with Gasteiger partial charge in [0.2, 0.25) is 0 Å². The van der Waals surface area contributed by atoms with Crippen LogP contribution in [0.3, 0.4) is 0 Å². The van der Waals surface area contributed by atoms with E-state index in [0.29, 0.717) is 16.1 Å². The summed E-state index contributed by atoms with van der Waals surface area (Å²) in [5, 5.41) is 3.00. The quantitative estimate of drug-likeness (QED) is 0.763. The first-order valence-electron chi connectivity index (χ1n) is 8.17. The highest BCUT2D eigenvalue weighted by Crippen LogP contribution is 2.32. The molecule has 1 amide bonds. The van der Waals surface area contributed by atoms with Crippen LogP contribution in [0.15, 0.2) is 24.3 Å². The van der Waals surface area contributed by atoms with E-state index in [1.165, 1.54) is 18.4 Å². The van der Waals surface area contributed by atoms with E-state index in [1.807, 2.05) is 32.0 Å². The summed E-state index contributed by atoms with van der Waals surface area (Å²) in [4.78, 5) is 39.0. The predicted octanol–water partition coefficient (Wildman–Crippen LogP) is 3.01. The Kier molecular flexibility index (Phi) is 6.57. The molecule has 0 atom stereocenters. The standard InChI is InChI=1S/C19H22N2O5S/c1-11-12(2)27-17(16(11)19(24)25-5)20-15(22)10-26-18(23)13-7-6-8-14(9-13)21(3)4/h6-9H,10H2,1-5H3,(H,20,22). The number of aryl methyl sites for hydroxylation is 1. The van der Waals surface area contributed by atoms with Crippen molar-refractivity contribution in [2.45, 2.75) is 13.8 Å². The molecular weight excluding hydrogens is 368 g/mol. The van der Waals surface area contributed by atoms with Crippen molar-refractivity contribution < 1.29 is 23.9 Å². The monoisotopic (exact) mass is 390 g/mol. The molecule has 0 aliphatic carbocycles. The molecule has 0 saturated heterocycles. The van der Waals surface area contributed by atoms with Gasteiger partial charge in [-0.15, -0.1) is 11.3 Å². The van der Waals surface area contributed by atoms with Crippen molar-refractivity contribution in [1.29, 1.82) is 0 Å². The zero-order valence-electron chi connectivity index (χ0n) is 15.9. The molecule has 0 aliphatic heterocycles. The first kappa shape index (κ1) is 20.4. The lowest BCUT2D eigenvalue weighted by Crippen LogP contribution is -2.21. The maximum atomic E-state index is 12.2. The zero-order chi connectivity index (χ0) is 20.1. The third-order valence-corrected chi connectivity index (χ3v) is 5.08. The van der Waals surface area contributed by atoms with Crippen LogP contribution in [0.2, 0.25) is 0 Å². The highest BCUT2D eigenvalue weighted by atomic mass is 32.1. The maximum Gasteiger partial charge on any atom is 0.341 e. The van der Waals surface area contributed by atoms with Gasteiger partial charge in [-0.05, 0) is 37.6 Å². The number of nitrogens with one attached hydrogen (secondary N) is 1. The summed E-state index contributed by atoms with van der Waals surface area (Å²) in [6, 6.07) is 6.90. The molecule has 1 heterocycles. The number of hydrogen-bond donors (Lipinski definition) is 1. The van der Waals surface area contributed by atoms with Gasteiger partial charge in [-0.1, -0.05) is 6.07 Å². The van der Waals surface area contributed by atoms with Crippen LogP contribution >= 0.6 is 11.3 Å². The van der Waals surface area contributed by atoms with E-state index < -0.39 is 24.5 Å². The van der Waals surface area contributed by atoms with Crippen molar-refractivity contribution in [1.82, 2.24) is 0 Å². The van der Waals surface area contributed by atoms with Crippen LogP contribution in [0.4, 0.5) is 10.7 Å². The molecule has 0 unspecified atom stereocenters. The number of benzene rings is 1. The number of hydrogen-bond acceptors (Lipinski definition) is 7. The van der Waals surface area contributed by atoms with Gasteiger partial charge >= 0.3 is 11.9 Å². The van der Waals surface area contributed by atoms with Crippen molar-refractivity contribution in [3.05, 3.63) is 45.8 Å². The van der Waals surface area contributed by atoms with E-state index in [2.05, 4.69) is 5.32 Å². The number of amides is 1. The van der Waals surface area contributed by atoms with E-state index in [4.69, 9.17) is 9.47 Å². The molecule has 8 heteroatoms. The summed E-state index contributed by atoms with van der Waals surface area (Å²) >= 11 is 1.27. The number of anilines is 2. The molecule has 1 aromatic carbocycles. The lowest BCUT2D eigenvalue weighted by molar-refractivity contribution is -0.119. The minimum absolute atomic E-state index is 0.318. The van der Waals surface area contributed by atoms with Crippen molar-refractivity contribution in [2.24, 2.45) is 0 Å². The topological polar surface area (TPSA) is 84.9 Å². The van der Waals surface area contributed by atoms with Gasteiger partial charge in [0.05, 0.1) is 18.2 Å². The van der Waals surface area contributed by atoms with E-state index in [9.17, 15) is 14.4 Å². The highest BCUT2D eigenvalue weighted by Gasteiger charge is 2.22. The molecule has 1 aromatic heterocycles. The summed E-state index contributed by atoms with van der Waals surface area (Å²) < 4.78 is 9.85. The van der Waals surface area contributed by atoms with Gasteiger partial charge in [0, 0.05) is 24.7 Å². The number of rotatable bonds is 6. The fourth-order valence-corrected chi connectivity index (χ4v) is 3.42. The molecule has 0 bridgehead atoms. The second-order valence-electron chi connectivity index (χ2n) is 6.05. The number of carbonyl (C=O) groups excluding carboxylic acids is 3. The molecule has 0 fully saturated rings. The second kappa shape index (κ2) is 8.68. The van der Waals surface area contributed by atoms with Gasteiger partial charge in [0.15, 0.2) is 6.61 Å². The fraction of sp³-hybridized carbons (Fsp3) is 0.316. The lowest BCUT2D eigenvalue weighted by atomic mass is 10.1. The van der Waals surface area contributed by atoms with Crippen LogP contribution < -0.4 is 10.2 Å². The Morgan fingerprint density at radius 3 is 2.48 bits per heavy atom. The molecule has 2 aromatic rings. The third-order valence-electron chi connectivity index (χ3n) is 3.96. The first-order valence-corrected chi connectivity index (χ1v) is 8.99. The van der Waals surface area contributed by atoms with Gasteiger partial charge in [0.1, 0.15) is 5.00 Å². The minimum Gasteiger partial charge on any atom is -0.465 e. The van der Waals surface area contributed by atoms with Crippen LogP contribution in [-0.4, -0.2) is 45.7 Å². The largest absolute Gasteiger partial charge is 0.465 e. The summed E-state index contributed by atoms with van der Waals surface area (Å²) in [6.07, 6.45) is 0. The Hall–Kier alpha value is -2.87. The van der Waals surface area contributed by atoms with Crippen LogP contribution in [0.25, 0.3) is 0 Å². The minimum atomic E-state index is -0.597. The smallest absolute Gasteiger partial charge is 0.341 e. The Bertz CT molecular complexity index is 873. The highest BCUT2D eigenvalue weighted by molar-refractivity contribution is 7.16. The van der Waals surface area contributed by atoms with Gasteiger partial charge < -0.3 is 19.7 Å². The second-order valence-corrected chi connectivity index (χ2v) is 7.27. The number of thiophene rings is 1. The summed E-state index contributed by atoms with van der Waals surface area (Å²) in [7, 11) is 5.01. The molecule has 0 spiro atoms. The Morgan fingerprint density at radius 1 is 1.15 bits per heavy atom. The zero-order valence-corrected chi connectivity index (χ0v) is 16.7. The van der Waals surface area contributed by atoms with Gasteiger partial charge in [-0.2, -0.15) is 0 Å². The molecule has 144 valence electrons.